The summed E-state index contributed by atoms with van der Waals surface area (Å²) < 4.78 is 40.0. The summed E-state index contributed by atoms with van der Waals surface area (Å²) in [5, 5.41) is 0. The van der Waals surface area contributed by atoms with Crippen LogP contribution in [0.3, 0.4) is 0 Å². The number of hydrogen-bond acceptors (Lipinski definition) is 4. The van der Waals surface area contributed by atoms with Gasteiger partial charge >= 0.3 is 0 Å². The Labute approximate surface area is 167 Å². The molecule has 3 rings (SSSR count). The number of amides is 1. The van der Waals surface area contributed by atoms with Crippen molar-refractivity contribution in [1.82, 2.24) is 14.1 Å². The molecule has 2 aliphatic heterocycles. The summed E-state index contributed by atoms with van der Waals surface area (Å²) in [4.78, 5) is 17.1. The van der Waals surface area contributed by atoms with Gasteiger partial charge in [-0.15, -0.1) is 0 Å². The van der Waals surface area contributed by atoms with Gasteiger partial charge in [0.15, 0.2) is 0 Å². The smallest absolute Gasteiger partial charge is 0.243 e. The van der Waals surface area contributed by atoms with E-state index in [4.69, 9.17) is 0 Å². The molecule has 0 aliphatic carbocycles. The molecule has 1 aromatic rings. The lowest BCUT2D eigenvalue weighted by atomic mass is 9.91. The van der Waals surface area contributed by atoms with Crippen LogP contribution in [0.1, 0.15) is 27.2 Å². The van der Waals surface area contributed by atoms with Crippen molar-refractivity contribution in [2.75, 3.05) is 39.3 Å². The highest BCUT2D eigenvalue weighted by Crippen LogP contribution is 2.23. The van der Waals surface area contributed by atoms with Gasteiger partial charge in [0.2, 0.25) is 15.9 Å². The lowest BCUT2D eigenvalue weighted by Crippen LogP contribution is -2.56. The Morgan fingerprint density at radius 1 is 1.04 bits per heavy atom. The second kappa shape index (κ2) is 8.47. The number of carbonyl (C=O) groups is 1. The molecule has 8 heteroatoms. The molecule has 0 N–H and O–H groups in total. The third kappa shape index (κ3) is 4.55. The van der Waals surface area contributed by atoms with Gasteiger partial charge in [0.1, 0.15) is 5.82 Å². The summed E-state index contributed by atoms with van der Waals surface area (Å²) >= 11 is 0. The molecule has 0 bridgehead atoms. The van der Waals surface area contributed by atoms with E-state index >= 15 is 0 Å². The van der Waals surface area contributed by atoms with Gasteiger partial charge in [-0.3, -0.25) is 9.69 Å². The van der Waals surface area contributed by atoms with Crippen molar-refractivity contribution in [2.45, 2.75) is 38.1 Å². The number of benzene rings is 1. The average Bonchev–Trinajstić information content (AvgIpc) is 2.66. The van der Waals surface area contributed by atoms with Crippen molar-refractivity contribution >= 4 is 15.9 Å². The van der Waals surface area contributed by atoms with Gasteiger partial charge in [0.05, 0.1) is 10.9 Å². The van der Waals surface area contributed by atoms with E-state index < -0.39 is 15.8 Å². The van der Waals surface area contributed by atoms with E-state index in [9.17, 15) is 17.6 Å². The second-order valence-electron chi connectivity index (χ2n) is 8.26. The maximum Gasteiger partial charge on any atom is 0.243 e. The Hall–Kier alpha value is -1.51. The summed E-state index contributed by atoms with van der Waals surface area (Å²) in [5.41, 5.74) is 0. The molecule has 0 unspecified atom stereocenters. The molecule has 2 heterocycles. The van der Waals surface area contributed by atoms with Crippen molar-refractivity contribution in [2.24, 2.45) is 11.8 Å². The van der Waals surface area contributed by atoms with Gasteiger partial charge in [0, 0.05) is 39.3 Å². The summed E-state index contributed by atoms with van der Waals surface area (Å²) in [6.07, 6.45) is 1.15. The van der Waals surface area contributed by atoms with Crippen molar-refractivity contribution in [1.29, 1.82) is 0 Å². The first-order valence-electron chi connectivity index (χ1n) is 9.97. The molecule has 156 valence electrons. The van der Waals surface area contributed by atoms with Gasteiger partial charge in [-0.2, -0.15) is 4.31 Å². The summed E-state index contributed by atoms with van der Waals surface area (Å²) in [6.45, 7) is 9.53. The van der Waals surface area contributed by atoms with Crippen LogP contribution in [0.2, 0.25) is 0 Å². The Morgan fingerprint density at radius 3 is 2.11 bits per heavy atom. The van der Waals surface area contributed by atoms with Crippen LogP contribution in [0.15, 0.2) is 29.2 Å². The topological polar surface area (TPSA) is 60.9 Å². The minimum Gasteiger partial charge on any atom is -0.341 e. The lowest BCUT2D eigenvalue weighted by Gasteiger charge is -2.41. The maximum atomic E-state index is 13.1. The fourth-order valence-corrected chi connectivity index (χ4v) is 5.77. The molecule has 2 aliphatic rings. The number of nitrogens with zero attached hydrogens (tertiary/aromatic N) is 3. The normalized spacial score (nSPS) is 26.2. The molecule has 3 atom stereocenters. The van der Waals surface area contributed by atoms with Crippen LogP contribution >= 0.6 is 0 Å². The van der Waals surface area contributed by atoms with Gasteiger partial charge < -0.3 is 4.90 Å². The second-order valence-corrected chi connectivity index (χ2v) is 10.2. The van der Waals surface area contributed by atoms with E-state index in [1.54, 1.807) is 0 Å². The highest BCUT2D eigenvalue weighted by atomic mass is 32.2. The molecule has 2 saturated heterocycles. The number of rotatable bonds is 4. The average molecular weight is 412 g/mol. The molecule has 6 nitrogen and oxygen atoms in total. The molecule has 1 aromatic carbocycles. The van der Waals surface area contributed by atoms with Crippen LogP contribution in [-0.4, -0.2) is 73.7 Å². The molecule has 0 spiro atoms. The van der Waals surface area contributed by atoms with E-state index in [0.29, 0.717) is 38.0 Å². The quantitative estimate of drug-likeness (QED) is 0.761. The zero-order valence-corrected chi connectivity index (χ0v) is 17.7. The zero-order valence-electron chi connectivity index (χ0n) is 16.8. The van der Waals surface area contributed by atoms with E-state index in [-0.39, 0.29) is 16.8 Å². The van der Waals surface area contributed by atoms with E-state index in [1.165, 1.54) is 16.4 Å². The third-order valence-electron chi connectivity index (χ3n) is 5.81. The van der Waals surface area contributed by atoms with Crippen LogP contribution in [-0.2, 0) is 14.8 Å². The fraction of sp³-hybridized carbons (Fsp3) is 0.650. The van der Waals surface area contributed by atoms with Gasteiger partial charge in [0.25, 0.3) is 0 Å². The highest BCUT2D eigenvalue weighted by molar-refractivity contribution is 7.89. The summed E-state index contributed by atoms with van der Waals surface area (Å²) in [6, 6.07) is 4.65. The number of carbonyl (C=O) groups excluding carboxylic acids is 1. The molecule has 0 aromatic heterocycles. The summed E-state index contributed by atoms with van der Waals surface area (Å²) in [7, 11) is -3.64. The molecule has 2 fully saturated rings. The SMILES string of the molecule is C[C@@H]1C[C@@H](C)CN(C(=O)[C@H](C)N2CCN(S(=O)(=O)c3ccc(F)cc3)CC2)C1. The molecular weight excluding hydrogens is 381 g/mol. The van der Waals surface area contributed by atoms with E-state index in [2.05, 4.69) is 18.7 Å². The molecule has 1 amide bonds. The first-order chi connectivity index (χ1) is 13.2. The Morgan fingerprint density at radius 2 is 1.57 bits per heavy atom. The molecule has 28 heavy (non-hydrogen) atoms. The summed E-state index contributed by atoms with van der Waals surface area (Å²) in [5.74, 6) is 0.695. The number of hydrogen-bond donors (Lipinski definition) is 0. The van der Waals surface area contributed by atoms with Crippen molar-refractivity contribution < 1.29 is 17.6 Å². The number of piperidine rings is 1. The Bertz CT molecular complexity index is 781. The zero-order chi connectivity index (χ0) is 20.5. The van der Waals surface area contributed by atoms with Crippen molar-refractivity contribution in [3.05, 3.63) is 30.1 Å². The Kier molecular flexibility index (Phi) is 6.41. The molecule has 0 radical (unpaired) electrons. The lowest BCUT2D eigenvalue weighted by molar-refractivity contribution is -0.139. The van der Waals surface area contributed by atoms with Crippen LogP contribution in [0.25, 0.3) is 0 Å². The maximum absolute atomic E-state index is 13.1. The third-order valence-corrected chi connectivity index (χ3v) is 7.72. The van der Waals surface area contributed by atoms with Crippen LogP contribution in [0, 0.1) is 17.7 Å². The monoisotopic (exact) mass is 411 g/mol. The minimum atomic E-state index is -3.64. The number of likely N-dealkylation sites (tertiary alicyclic amines) is 1. The molecule has 0 saturated carbocycles. The van der Waals surface area contributed by atoms with E-state index in [0.717, 1.165) is 31.6 Å². The standard InChI is InChI=1S/C20H30FN3O3S/c1-15-12-16(2)14-23(13-15)20(25)17(3)22-8-10-24(11-9-22)28(26,27)19-6-4-18(21)5-7-19/h4-7,15-17H,8-14H2,1-3H3/t15-,16-,17+/m1/s1. The van der Waals surface area contributed by atoms with Crippen molar-refractivity contribution in [3.63, 3.8) is 0 Å². The largest absolute Gasteiger partial charge is 0.341 e. The van der Waals surface area contributed by atoms with Crippen LogP contribution in [0.4, 0.5) is 4.39 Å². The number of piperazine rings is 1. The Balaban J connectivity index is 1.60. The first kappa shape index (κ1) is 21.2. The highest BCUT2D eigenvalue weighted by Gasteiger charge is 2.34. The minimum absolute atomic E-state index is 0.0998. The van der Waals surface area contributed by atoms with Crippen LogP contribution < -0.4 is 0 Å². The predicted octanol–water partition coefficient (Wildman–Crippen LogP) is 2.02. The van der Waals surface area contributed by atoms with Gasteiger partial charge in [-0.05, 0) is 49.4 Å². The fourth-order valence-electron chi connectivity index (χ4n) is 4.35. The molecular formula is C20H30FN3O3S. The number of sulfonamides is 1. The van der Waals surface area contributed by atoms with Crippen LogP contribution in [0.5, 0.6) is 0 Å². The predicted molar refractivity (Wildman–Crippen MR) is 106 cm³/mol. The van der Waals surface area contributed by atoms with Crippen molar-refractivity contribution in [3.8, 4) is 0 Å². The van der Waals surface area contributed by atoms with E-state index in [1.807, 2.05) is 11.8 Å². The number of halogens is 1. The first-order valence-corrected chi connectivity index (χ1v) is 11.4. The van der Waals surface area contributed by atoms with Gasteiger partial charge in [-0.1, -0.05) is 13.8 Å². The van der Waals surface area contributed by atoms with Gasteiger partial charge in [-0.25, -0.2) is 12.8 Å².